The highest BCUT2D eigenvalue weighted by molar-refractivity contribution is 14.1. The van der Waals surface area contributed by atoms with Gasteiger partial charge in [0.15, 0.2) is 0 Å². The number of hydrogen-bond acceptors (Lipinski definition) is 3. The number of alkyl halides is 3. The first kappa shape index (κ1) is 21.2. The van der Waals surface area contributed by atoms with E-state index >= 15 is 0 Å². The number of carboxylic acids is 1. The molecule has 0 spiro atoms. The molecule has 0 bridgehead atoms. The van der Waals surface area contributed by atoms with E-state index in [2.05, 4.69) is 5.32 Å². The fourth-order valence-corrected chi connectivity index (χ4v) is 2.67. The van der Waals surface area contributed by atoms with E-state index in [4.69, 9.17) is 5.11 Å². The predicted octanol–water partition coefficient (Wildman–Crippen LogP) is 2.36. The van der Waals surface area contributed by atoms with Gasteiger partial charge in [0.2, 0.25) is 5.91 Å². The number of carbonyl (C=O) groups is 3. The molecule has 10 heteroatoms. The van der Waals surface area contributed by atoms with Crippen molar-refractivity contribution in [1.29, 1.82) is 0 Å². The van der Waals surface area contributed by atoms with Crippen molar-refractivity contribution in [3.05, 3.63) is 32.9 Å². The Kier molecular flexibility index (Phi) is 7.20. The summed E-state index contributed by atoms with van der Waals surface area (Å²) in [5.41, 5.74) is -1.26. The van der Waals surface area contributed by atoms with Gasteiger partial charge in [-0.05, 0) is 47.7 Å². The van der Waals surface area contributed by atoms with Crippen LogP contribution in [-0.4, -0.2) is 46.9 Å². The van der Waals surface area contributed by atoms with Crippen molar-refractivity contribution in [2.75, 3.05) is 13.1 Å². The summed E-state index contributed by atoms with van der Waals surface area (Å²) >= 11 is 1.65. The summed E-state index contributed by atoms with van der Waals surface area (Å²) in [6.07, 6.45) is -4.63. The second-order valence-electron chi connectivity index (χ2n) is 5.22. The van der Waals surface area contributed by atoms with Crippen LogP contribution >= 0.6 is 22.6 Å². The van der Waals surface area contributed by atoms with Gasteiger partial charge in [0.05, 0.1) is 5.56 Å². The molecule has 1 aromatic rings. The SMILES string of the molecule is CC(=O)NCCN(C(=O)c1cc(I)cc(C(F)(F)F)c1)C(C)C(=O)O. The number of nitrogens with zero attached hydrogens (tertiary/aromatic N) is 1. The van der Waals surface area contributed by atoms with Crippen molar-refractivity contribution >= 4 is 40.4 Å². The van der Waals surface area contributed by atoms with Crippen LogP contribution in [0.1, 0.15) is 29.8 Å². The Bertz CT molecular complexity index is 679. The Labute approximate surface area is 155 Å². The quantitative estimate of drug-likeness (QED) is 0.623. The third kappa shape index (κ3) is 6.18. The standard InChI is InChI=1S/C15H16F3IN2O4/c1-8(14(24)25)21(4-3-20-9(2)22)13(23)10-5-11(15(16,17)18)7-12(19)6-10/h5-8H,3-4H2,1-2H3,(H,20,22)(H,24,25). The number of carbonyl (C=O) groups excluding carboxylic acids is 2. The summed E-state index contributed by atoms with van der Waals surface area (Å²) in [6, 6.07) is 1.55. The van der Waals surface area contributed by atoms with Gasteiger partial charge in [-0.1, -0.05) is 0 Å². The van der Waals surface area contributed by atoms with Gasteiger partial charge in [0.25, 0.3) is 5.91 Å². The summed E-state index contributed by atoms with van der Waals surface area (Å²) in [5.74, 6) is -2.54. The first-order chi connectivity index (χ1) is 11.4. The fourth-order valence-electron chi connectivity index (χ4n) is 2.00. The Hall–Kier alpha value is -1.85. The third-order valence-electron chi connectivity index (χ3n) is 3.28. The molecule has 0 aliphatic carbocycles. The van der Waals surface area contributed by atoms with Crippen molar-refractivity contribution in [1.82, 2.24) is 10.2 Å². The van der Waals surface area contributed by atoms with Gasteiger partial charge in [-0.15, -0.1) is 0 Å². The van der Waals surface area contributed by atoms with Crippen LogP contribution in [0.25, 0.3) is 0 Å². The van der Waals surface area contributed by atoms with Gasteiger partial charge in [-0.25, -0.2) is 4.79 Å². The van der Waals surface area contributed by atoms with Crippen LogP contribution in [0.2, 0.25) is 0 Å². The predicted molar refractivity (Wildman–Crippen MR) is 91.0 cm³/mol. The van der Waals surface area contributed by atoms with Crippen molar-refractivity contribution in [3.8, 4) is 0 Å². The lowest BCUT2D eigenvalue weighted by Crippen LogP contribution is -2.46. The molecule has 1 atom stereocenters. The first-order valence-electron chi connectivity index (χ1n) is 7.09. The van der Waals surface area contributed by atoms with E-state index in [0.29, 0.717) is 6.07 Å². The molecular weight excluding hydrogens is 456 g/mol. The van der Waals surface area contributed by atoms with E-state index in [0.717, 1.165) is 11.0 Å². The molecule has 0 heterocycles. The Balaban J connectivity index is 3.17. The summed E-state index contributed by atoms with van der Waals surface area (Å²) in [4.78, 5) is 35.6. The molecule has 1 unspecified atom stereocenters. The highest BCUT2D eigenvalue weighted by atomic mass is 127. The van der Waals surface area contributed by atoms with Crippen LogP contribution in [0.5, 0.6) is 0 Å². The Morgan fingerprint density at radius 1 is 1.28 bits per heavy atom. The third-order valence-corrected chi connectivity index (χ3v) is 3.91. The van der Waals surface area contributed by atoms with E-state index in [1.165, 1.54) is 19.9 Å². The van der Waals surface area contributed by atoms with Crippen LogP contribution in [0.15, 0.2) is 18.2 Å². The fraction of sp³-hybridized carbons (Fsp3) is 0.400. The molecule has 25 heavy (non-hydrogen) atoms. The highest BCUT2D eigenvalue weighted by Crippen LogP contribution is 2.31. The summed E-state index contributed by atoms with van der Waals surface area (Å²) in [7, 11) is 0. The minimum atomic E-state index is -4.63. The number of rotatable bonds is 6. The molecule has 0 saturated heterocycles. The van der Waals surface area contributed by atoms with Crippen LogP contribution < -0.4 is 5.32 Å². The summed E-state index contributed by atoms with van der Waals surface area (Å²) in [6.45, 7) is 2.32. The zero-order chi connectivity index (χ0) is 19.4. The number of amides is 2. The lowest BCUT2D eigenvalue weighted by molar-refractivity contribution is -0.142. The molecule has 138 valence electrons. The van der Waals surface area contributed by atoms with Crippen LogP contribution in [0.3, 0.4) is 0 Å². The average Bonchev–Trinajstić information content (AvgIpc) is 2.48. The summed E-state index contributed by atoms with van der Waals surface area (Å²) < 4.78 is 39.0. The molecule has 0 aliphatic heterocycles. The van der Waals surface area contributed by atoms with Gasteiger partial charge in [0, 0.05) is 29.1 Å². The lowest BCUT2D eigenvalue weighted by Gasteiger charge is -2.27. The molecule has 6 nitrogen and oxygen atoms in total. The van der Waals surface area contributed by atoms with E-state index in [1.807, 2.05) is 0 Å². The number of nitrogens with one attached hydrogen (secondary N) is 1. The second kappa shape index (κ2) is 8.50. The Morgan fingerprint density at radius 2 is 1.88 bits per heavy atom. The molecular formula is C15H16F3IN2O4. The number of benzene rings is 1. The van der Waals surface area contributed by atoms with E-state index < -0.39 is 29.7 Å². The number of carboxylic acid groups (broad SMARTS) is 1. The van der Waals surface area contributed by atoms with Crippen molar-refractivity contribution in [2.45, 2.75) is 26.1 Å². The topological polar surface area (TPSA) is 86.7 Å². The van der Waals surface area contributed by atoms with Crippen molar-refractivity contribution < 1.29 is 32.7 Å². The number of aliphatic carboxylic acids is 1. The largest absolute Gasteiger partial charge is 0.480 e. The van der Waals surface area contributed by atoms with E-state index in [9.17, 15) is 27.6 Å². The van der Waals surface area contributed by atoms with Gasteiger partial charge < -0.3 is 15.3 Å². The number of hydrogen-bond donors (Lipinski definition) is 2. The molecule has 1 rings (SSSR count). The minimum absolute atomic E-state index is 0.0191. The second-order valence-corrected chi connectivity index (χ2v) is 6.47. The molecule has 0 saturated carbocycles. The smallest absolute Gasteiger partial charge is 0.416 e. The Morgan fingerprint density at radius 3 is 2.36 bits per heavy atom. The van der Waals surface area contributed by atoms with Gasteiger partial charge in [-0.3, -0.25) is 9.59 Å². The number of halogens is 4. The van der Waals surface area contributed by atoms with Crippen LogP contribution in [0.4, 0.5) is 13.2 Å². The van der Waals surface area contributed by atoms with Gasteiger partial charge >= 0.3 is 12.1 Å². The molecule has 1 aromatic carbocycles. The normalized spacial score (nSPS) is 12.4. The zero-order valence-electron chi connectivity index (χ0n) is 13.4. The van der Waals surface area contributed by atoms with Crippen LogP contribution in [0, 0.1) is 3.57 Å². The molecule has 2 amide bonds. The summed E-state index contributed by atoms with van der Waals surface area (Å²) in [5, 5.41) is 11.5. The lowest BCUT2D eigenvalue weighted by atomic mass is 10.1. The highest BCUT2D eigenvalue weighted by Gasteiger charge is 2.33. The van der Waals surface area contributed by atoms with Crippen LogP contribution in [-0.2, 0) is 15.8 Å². The molecule has 0 fully saturated rings. The maximum absolute atomic E-state index is 12.9. The van der Waals surface area contributed by atoms with E-state index in [-0.39, 0.29) is 28.1 Å². The first-order valence-corrected chi connectivity index (χ1v) is 8.17. The monoisotopic (exact) mass is 472 g/mol. The van der Waals surface area contributed by atoms with Gasteiger partial charge in [-0.2, -0.15) is 13.2 Å². The maximum atomic E-state index is 12.9. The molecule has 0 radical (unpaired) electrons. The van der Waals surface area contributed by atoms with Crippen molar-refractivity contribution in [3.63, 3.8) is 0 Å². The maximum Gasteiger partial charge on any atom is 0.416 e. The molecule has 0 aliphatic rings. The van der Waals surface area contributed by atoms with Gasteiger partial charge in [0.1, 0.15) is 6.04 Å². The van der Waals surface area contributed by atoms with Crippen molar-refractivity contribution in [2.24, 2.45) is 0 Å². The van der Waals surface area contributed by atoms with E-state index in [1.54, 1.807) is 22.6 Å². The molecule has 2 N–H and O–H groups in total. The average molecular weight is 472 g/mol. The minimum Gasteiger partial charge on any atom is -0.480 e. The molecule has 0 aromatic heterocycles. The zero-order valence-corrected chi connectivity index (χ0v) is 15.5.